The first kappa shape index (κ1) is 17.5. The zero-order valence-electron chi connectivity index (χ0n) is 15.6. The molecule has 0 unspecified atom stereocenters. The van der Waals surface area contributed by atoms with E-state index in [9.17, 15) is 4.79 Å². The summed E-state index contributed by atoms with van der Waals surface area (Å²) in [5.41, 5.74) is 5.42. The number of rotatable bonds is 4. The van der Waals surface area contributed by atoms with E-state index in [0.717, 1.165) is 32.9 Å². The summed E-state index contributed by atoms with van der Waals surface area (Å²) in [4.78, 5) is 19.1. The Kier molecular flexibility index (Phi) is 4.54. The highest BCUT2D eigenvalue weighted by atomic mass is 32.1. The van der Waals surface area contributed by atoms with Gasteiger partial charge in [0.25, 0.3) is 5.91 Å². The molecule has 0 aliphatic carbocycles. The van der Waals surface area contributed by atoms with Crippen LogP contribution < -0.4 is 5.32 Å². The fraction of sp³-hybridized carbons (Fsp3) is 0.182. The first-order valence-electron chi connectivity index (χ1n) is 8.91. The molecule has 0 aliphatic rings. The monoisotopic (exact) mass is 375 g/mol. The molecule has 0 aliphatic heterocycles. The van der Waals surface area contributed by atoms with Crippen LogP contribution in [0, 0.1) is 20.8 Å². The molecule has 1 N–H and O–H groups in total. The summed E-state index contributed by atoms with van der Waals surface area (Å²) in [7, 11) is 0. The summed E-state index contributed by atoms with van der Waals surface area (Å²) in [5, 5.41) is 4.07. The lowest BCUT2D eigenvalue weighted by molar-refractivity contribution is 0.0955. The Labute approximate surface area is 162 Å². The van der Waals surface area contributed by atoms with Crippen molar-refractivity contribution in [1.29, 1.82) is 0 Å². The number of benzene rings is 1. The van der Waals surface area contributed by atoms with Crippen LogP contribution >= 0.6 is 11.3 Å². The van der Waals surface area contributed by atoms with Crippen LogP contribution in [0.4, 0.5) is 0 Å². The van der Waals surface area contributed by atoms with Gasteiger partial charge in [-0.2, -0.15) is 0 Å². The summed E-state index contributed by atoms with van der Waals surface area (Å²) in [6.07, 6.45) is 1.77. The number of aryl methyl sites for hydroxylation is 3. The maximum absolute atomic E-state index is 13.1. The van der Waals surface area contributed by atoms with E-state index in [0.29, 0.717) is 11.4 Å². The number of hydrogen-bond donors (Lipinski definition) is 1. The maximum Gasteiger partial charge on any atom is 0.263 e. The van der Waals surface area contributed by atoms with Crippen molar-refractivity contribution in [3.05, 3.63) is 82.1 Å². The molecular formula is C22H21N3OS. The number of amides is 1. The quantitative estimate of drug-likeness (QED) is 0.549. The van der Waals surface area contributed by atoms with Gasteiger partial charge in [0.2, 0.25) is 0 Å². The van der Waals surface area contributed by atoms with Crippen LogP contribution in [-0.2, 0) is 6.54 Å². The van der Waals surface area contributed by atoms with E-state index in [-0.39, 0.29) is 5.91 Å². The van der Waals surface area contributed by atoms with Crippen molar-refractivity contribution < 1.29 is 4.79 Å². The van der Waals surface area contributed by atoms with Crippen molar-refractivity contribution in [3.63, 3.8) is 0 Å². The smallest absolute Gasteiger partial charge is 0.263 e. The van der Waals surface area contributed by atoms with Gasteiger partial charge in [-0.1, -0.05) is 29.8 Å². The Morgan fingerprint density at radius 2 is 1.74 bits per heavy atom. The fourth-order valence-corrected chi connectivity index (χ4v) is 4.33. The lowest BCUT2D eigenvalue weighted by Crippen LogP contribution is -2.23. The van der Waals surface area contributed by atoms with E-state index in [1.807, 2.05) is 24.3 Å². The Morgan fingerprint density at radius 1 is 1.04 bits per heavy atom. The van der Waals surface area contributed by atoms with Gasteiger partial charge in [0.05, 0.1) is 5.69 Å². The van der Waals surface area contributed by atoms with Crippen LogP contribution in [0.2, 0.25) is 0 Å². The van der Waals surface area contributed by atoms with E-state index in [1.165, 1.54) is 16.9 Å². The predicted octanol–water partition coefficient (Wildman–Crippen LogP) is 4.94. The molecule has 0 saturated carbocycles. The van der Waals surface area contributed by atoms with Crippen LogP contribution in [0.1, 0.15) is 32.2 Å². The zero-order valence-corrected chi connectivity index (χ0v) is 16.4. The van der Waals surface area contributed by atoms with E-state index in [4.69, 9.17) is 0 Å². The van der Waals surface area contributed by atoms with Gasteiger partial charge >= 0.3 is 0 Å². The average molecular weight is 375 g/mol. The first-order valence-corrected chi connectivity index (χ1v) is 9.73. The van der Waals surface area contributed by atoms with Gasteiger partial charge in [0, 0.05) is 29.5 Å². The van der Waals surface area contributed by atoms with Gasteiger partial charge in [0.1, 0.15) is 9.71 Å². The molecule has 4 rings (SSSR count). The Hall–Kier alpha value is -2.92. The SMILES string of the molecule is Cc1ccc(CNC(=O)c2sc3ncccc3c2-n2c(C)ccc2C)cc1. The van der Waals surface area contributed by atoms with Crippen molar-refractivity contribution in [3.8, 4) is 5.69 Å². The summed E-state index contributed by atoms with van der Waals surface area (Å²) >= 11 is 1.44. The van der Waals surface area contributed by atoms with Crippen LogP contribution in [0.3, 0.4) is 0 Å². The molecule has 0 bridgehead atoms. The van der Waals surface area contributed by atoms with Gasteiger partial charge in [-0.05, 0) is 50.6 Å². The number of thiophene rings is 1. The molecule has 0 atom stereocenters. The van der Waals surface area contributed by atoms with Crippen molar-refractivity contribution >= 4 is 27.5 Å². The number of fused-ring (bicyclic) bond motifs is 1. The third-order valence-corrected chi connectivity index (χ3v) is 5.82. The molecule has 3 heterocycles. The molecular weight excluding hydrogens is 354 g/mol. The number of nitrogens with one attached hydrogen (secondary N) is 1. The lowest BCUT2D eigenvalue weighted by atomic mass is 10.1. The Morgan fingerprint density at radius 3 is 2.44 bits per heavy atom. The Balaban J connectivity index is 1.73. The summed E-state index contributed by atoms with van der Waals surface area (Å²) in [6, 6.07) is 16.3. The minimum atomic E-state index is -0.0684. The number of nitrogens with zero attached hydrogens (tertiary/aromatic N) is 2. The molecule has 4 nitrogen and oxygen atoms in total. The molecule has 3 aromatic heterocycles. The fourth-order valence-electron chi connectivity index (χ4n) is 3.29. The summed E-state index contributed by atoms with van der Waals surface area (Å²) < 4.78 is 2.14. The van der Waals surface area contributed by atoms with E-state index < -0.39 is 0 Å². The largest absolute Gasteiger partial charge is 0.347 e. The topological polar surface area (TPSA) is 46.9 Å². The standard InChI is InChI=1S/C22H21N3OS/c1-14-6-10-17(11-7-14)13-24-21(26)20-19(25-15(2)8-9-16(25)3)18-5-4-12-23-22(18)27-20/h4-12H,13H2,1-3H3,(H,24,26). The number of carbonyl (C=O) groups excluding carboxylic acids is 1. The minimum Gasteiger partial charge on any atom is -0.347 e. The second-order valence-corrected chi connectivity index (χ2v) is 7.75. The molecule has 0 spiro atoms. The molecule has 27 heavy (non-hydrogen) atoms. The molecule has 5 heteroatoms. The summed E-state index contributed by atoms with van der Waals surface area (Å²) in [6.45, 7) is 6.67. The van der Waals surface area contributed by atoms with Crippen LogP contribution in [0.15, 0.2) is 54.7 Å². The van der Waals surface area contributed by atoms with Crippen LogP contribution in [0.25, 0.3) is 15.9 Å². The maximum atomic E-state index is 13.1. The number of carbonyl (C=O) groups is 1. The van der Waals surface area contributed by atoms with Crippen molar-refractivity contribution in [2.75, 3.05) is 0 Å². The van der Waals surface area contributed by atoms with Gasteiger partial charge in [0.15, 0.2) is 0 Å². The first-order chi connectivity index (χ1) is 13.0. The zero-order chi connectivity index (χ0) is 19.0. The van der Waals surface area contributed by atoms with E-state index >= 15 is 0 Å². The predicted molar refractivity (Wildman–Crippen MR) is 111 cm³/mol. The van der Waals surface area contributed by atoms with Gasteiger partial charge < -0.3 is 9.88 Å². The van der Waals surface area contributed by atoms with Crippen molar-refractivity contribution in [2.45, 2.75) is 27.3 Å². The third-order valence-electron chi connectivity index (χ3n) is 4.71. The van der Waals surface area contributed by atoms with Crippen LogP contribution in [-0.4, -0.2) is 15.5 Å². The second-order valence-electron chi connectivity index (χ2n) is 6.76. The molecule has 136 valence electrons. The second kappa shape index (κ2) is 7.00. The molecule has 0 fully saturated rings. The highest BCUT2D eigenvalue weighted by molar-refractivity contribution is 7.21. The molecule has 0 radical (unpaired) electrons. The van der Waals surface area contributed by atoms with Gasteiger partial charge in [-0.25, -0.2) is 4.98 Å². The van der Waals surface area contributed by atoms with E-state index in [1.54, 1.807) is 6.20 Å². The highest BCUT2D eigenvalue weighted by Gasteiger charge is 2.22. The lowest BCUT2D eigenvalue weighted by Gasteiger charge is -2.12. The minimum absolute atomic E-state index is 0.0684. The molecule has 1 aromatic carbocycles. The molecule has 0 saturated heterocycles. The average Bonchev–Trinajstić information content (AvgIpc) is 3.20. The van der Waals surface area contributed by atoms with Crippen molar-refractivity contribution in [2.24, 2.45) is 0 Å². The highest BCUT2D eigenvalue weighted by Crippen LogP contribution is 2.34. The van der Waals surface area contributed by atoms with E-state index in [2.05, 4.69) is 59.9 Å². The number of aromatic nitrogens is 2. The molecule has 4 aromatic rings. The normalized spacial score (nSPS) is 11.1. The van der Waals surface area contributed by atoms with Crippen molar-refractivity contribution in [1.82, 2.24) is 14.9 Å². The third kappa shape index (κ3) is 3.26. The van der Waals surface area contributed by atoms with Gasteiger partial charge in [-0.15, -0.1) is 11.3 Å². The molecule has 1 amide bonds. The number of pyridine rings is 1. The van der Waals surface area contributed by atoms with Gasteiger partial charge in [-0.3, -0.25) is 4.79 Å². The summed E-state index contributed by atoms with van der Waals surface area (Å²) in [5.74, 6) is -0.0684. The Bertz CT molecular complexity index is 1100. The number of hydrogen-bond acceptors (Lipinski definition) is 3. The van der Waals surface area contributed by atoms with Crippen LogP contribution in [0.5, 0.6) is 0 Å².